The fourth-order valence-electron chi connectivity index (χ4n) is 1.33. The van der Waals surface area contributed by atoms with E-state index in [-0.39, 0.29) is 0 Å². The zero-order valence-corrected chi connectivity index (χ0v) is 8.70. The number of aryl methyl sites for hydroxylation is 1. The fraction of sp³-hybridized carbons (Fsp3) is 0.455. The standard InChI is InChI=1S/C11H17NO/c1-8-5-10(7-11(13)6-8)9(2)12(3)4/h5-7,9,13H,1-4H3. The van der Waals surface area contributed by atoms with E-state index in [2.05, 4.69) is 17.9 Å². The third kappa shape index (κ3) is 2.46. The van der Waals surface area contributed by atoms with Crippen molar-refractivity contribution in [3.05, 3.63) is 29.3 Å². The van der Waals surface area contributed by atoms with E-state index >= 15 is 0 Å². The Hall–Kier alpha value is -1.02. The highest BCUT2D eigenvalue weighted by Gasteiger charge is 2.08. The molecule has 0 bridgehead atoms. The molecule has 1 atom stereocenters. The second-order valence-corrected chi connectivity index (χ2v) is 3.74. The van der Waals surface area contributed by atoms with Crippen molar-refractivity contribution in [2.45, 2.75) is 19.9 Å². The van der Waals surface area contributed by atoms with Gasteiger partial charge in [0.1, 0.15) is 5.75 Å². The van der Waals surface area contributed by atoms with Crippen molar-refractivity contribution in [3.8, 4) is 5.75 Å². The van der Waals surface area contributed by atoms with Gasteiger partial charge in [-0.2, -0.15) is 0 Å². The summed E-state index contributed by atoms with van der Waals surface area (Å²) in [6.07, 6.45) is 0. The van der Waals surface area contributed by atoms with Crippen LogP contribution in [0.1, 0.15) is 24.1 Å². The Kier molecular flexibility index (Phi) is 2.94. The summed E-state index contributed by atoms with van der Waals surface area (Å²) in [7, 11) is 4.06. The summed E-state index contributed by atoms with van der Waals surface area (Å²) in [4.78, 5) is 2.12. The first kappa shape index (κ1) is 10.1. The molecule has 0 amide bonds. The average molecular weight is 179 g/mol. The number of rotatable bonds is 2. The Balaban J connectivity index is 3.01. The SMILES string of the molecule is Cc1cc(O)cc(C(C)N(C)C)c1. The molecule has 1 N–H and O–H groups in total. The predicted molar refractivity (Wildman–Crippen MR) is 54.9 cm³/mol. The summed E-state index contributed by atoms with van der Waals surface area (Å²) in [6, 6.07) is 6.03. The Labute approximate surface area is 79.8 Å². The van der Waals surface area contributed by atoms with E-state index in [0.29, 0.717) is 11.8 Å². The lowest BCUT2D eigenvalue weighted by Crippen LogP contribution is -2.16. The molecule has 1 aromatic carbocycles. The highest BCUT2D eigenvalue weighted by Crippen LogP contribution is 2.23. The van der Waals surface area contributed by atoms with Crippen LogP contribution in [-0.4, -0.2) is 24.1 Å². The first-order chi connectivity index (χ1) is 6.00. The van der Waals surface area contributed by atoms with Gasteiger partial charge in [0.05, 0.1) is 0 Å². The lowest BCUT2D eigenvalue weighted by molar-refractivity contribution is 0.320. The van der Waals surface area contributed by atoms with Crippen LogP contribution in [0.15, 0.2) is 18.2 Å². The van der Waals surface area contributed by atoms with Crippen LogP contribution in [0, 0.1) is 6.92 Å². The smallest absolute Gasteiger partial charge is 0.116 e. The maximum atomic E-state index is 9.41. The minimum atomic E-state index is 0.339. The van der Waals surface area contributed by atoms with Crippen molar-refractivity contribution in [1.29, 1.82) is 0 Å². The van der Waals surface area contributed by atoms with Gasteiger partial charge < -0.3 is 10.0 Å². The van der Waals surface area contributed by atoms with E-state index in [4.69, 9.17) is 0 Å². The number of nitrogens with zero attached hydrogens (tertiary/aromatic N) is 1. The predicted octanol–water partition coefficient (Wildman–Crippen LogP) is 2.32. The van der Waals surface area contributed by atoms with Crippen molar-refractivity contribution >= 4 is 0 Å². The van der Waals surface area contributed by atoms with E-state index in [9.17, 15) is 5.11 Å². The number of phenols is 1. The van der Waals surface area contributed by atoms with Gasteiger partial charge in [0.25, 0.3) is 0 Å². The van der Waals surface area contributed by atoms with Crippen LogP contribution in [-0.2, 0) is 0 Å². The van der Waals surface area contributed by atoms with E-state index < -0.39 is 0 Å². The zero-order valence-electron chi connectivity index (χ0n) is 8.70. The fourth-order valence-corrected chi connectivity index (χ4v) is 1.33. The van der Waals surface area contributed by atoms with Crippen molar-refractivity contribution in [2.24, 2.45) is 0 Å². The van der Waals surface area contributed by atoms with Gasteiger partial charge in [-0.15, -0.1) is 0 Å². The monoisotopic (exact) mass is 179 g/mol. The van der Waals surface area contributed by atoms with Crippen LogP contribution >= 0.6 is 0 Å². The van der Waals surface area contributed by atoms with Gasteiger partial charge in [0.2, 0.25) is 0 Å². The second kappa shape index (κ2) is 3.79. The number of hydrogen-bond acceptors (Lipinski definition) is 2. The summed E-state index contributed by atoms with van der Waals surface area (Å²) in [6.45, 7) is 4.11. The molecule has 0 aliphatic heterocycles. The third-order valence-corrected chi connectivity index (χ3v) is 2.34. The maximum Gasteiger partial charge on any atom is 0.116 e. The molecule has 0 heterocycles. The molecule has 0 spiro atoms. The highest BCUT2D eigenvalue weighted by atomic mass is 16.3. The first-order valence-electron chi connectivity index (χ1n) is 4.47. The highest BCUT2D eigenvalue weighted by molar-refractivity contribution is 5.34. The number of hydrogen-bond donors (Lipinski definition) is 1. The van der Waals surface area contributed by atoms with Crippen molar-refractivity contribution < 1.29 is 5.11 Å². The Morgan fingerprint density at radius 2 is 1.85 bits per heavy atom. The minimum absolute atomic E-state index is 0.339. The van der Waals surface area contributed by atoms with Crippen LogP contribution in [0.2, 0.25) is 0 Å². The molecule has 1 unspecified atom stereocenters. The lowest BCUT2D eigenvalue weighted by Gasteiger charge is -2.20. The Morgan fingerprint density at radius 3 is 2.31 bits per heavy atom. The van der Waals surface area contributed by atoms with Crippen LogP contribution in [0.25, 0.3) is 0 Å². The largest absolute Gasteiger partial charge is 0.508 e. The average Bonchev–Trinajstić information content (AvgIpc) is 2.01. The number of phenolic OH excluding ortho intramolecular Hbond substituents is 1. The van der Waals surface area contributed by atoms with Gasteiger partial charge in [-0.05, 0) is 51.2 Å². The van der Waals surface area contributed by atoms with Crippen LogP contribution in [0.3, 0.4) is 0 Å². The first-order valence-corrected chi connectivity index (χ1v) is 4.47. The molecule has 1 aromatic rings. The second-order valence-electron chi connectivity index (χ2n) is 3.74. The molecule has 72 valence electrons. The van der Waals surface area contributed by atoms with Crippen LogP contribution < -0.4 is 0 Å². The van der Waals surface area contributed by atoms with Crippen LogP contribution in [0.5, 0.6) is 5.75 Å². The molecule has 0 aromatic heterocycles. The van der Waals surface area contributed by atoms with Gasteiger partial charge in [0, 0.05) is 6.04 Å². The summed E-state index contributed by atoms with van der Waals surface area (Å²) < 4.78 is 0. The van der Waals surface area contributed by atoms with E-state index in [1.165, 1.54) is 0 Å². The number of benzene rings is 1. The molecule has 0 radical (unpaired) electrons. The van der Waals surface area contributed by atoms with Gasteiger partial charge >= 0.3 is 0 Å². The quantitative estimate of drug-likeness (QED) is 0.753. The molecule has 2 heteroatoms. The lowest BCUT2D eigenvalue weighted by atomic mass is 10.0. The summed E-state index contributed by atoms with van der Waals surface area (Å²) in [5.41, 5.74) is 2.26. The van der Waals surface area contributed by atoms with E-state index in [0.717, 1.165) is 11.1 Å². The van der Waals surface area contributed by atoms with E-state index in [1.807, 2.05) is 27.1 Å². The molecule has 0 saturated heterocycles. The molecule has 2 nitrogen and oxygen atoms in total. The van der Waals surface area contributed by atoms with Crippen molar-refractivity contribution in [1.82, 2.24) is 4.90 Å². The van der Waals surface area contributed by atoms with Gasteiger partial charge in [-0.1, -0.05) is 6.07 Å². The van der Waals surface area contributed by atoms with Crippen molar-refractivity contribution in [2.75, 3.05) is 14.1 Å². The topological polar surface area (TPSA) is 23.5 Å². The molecule has 0 aliphatic carbocycles. The zero-order chi connectivity index (χ0) is 10.0. The normalized spacial score (nSPS) is 13.3. The molecule has 13 heavy (non-hydrogen) atoms. The van der Waals surface area contributed by atoms with E-state index in [1.54, 1.807) is 6.07 Å². The van der Waals surface area contributed by atoms with Gasteiger partial charge in [-0.25, -0.2) is 0 Å². The van der Waals surface area contributed by atoms with Gasteiger partial charge in [-0.3, -0.25) is 0 Å². The number of aromatic hydroxyl groups is 1. The summed E-state index contributed by atoms with van der Waals surface area (Å²) >= 11 is 0. The molecular formula is C11H17NO. The maximum absolute atomic E-state index is 9.41. The van der Waals surface area contributed by atoms with Crippen LogP contribution in [0.4, 0.5) is 0 Å². The third-order valence-electron chi connectivity index (χ3n) is 2.34. The molecular weight excluding hydrogens is 162 g/mol. The van der Waals surface area contributed by atoms with Gasteiger partial charge in [0.15, 0.2) is 0 Å². The molecule has 0 saturated carbocycles. The molecule has 0 aliphatic rings. The Morgan fingerprint density at radius 1 is 1.23 bits per heavy atom. The molecule has 1 rings (SSSR count). The Bertz CT molecular complexity index is 274. The summed E-state index contributed by atoms with van der Waals surface area (Å²) in [5.74, 6) is 0.351. The summed E-state index contributed by atoms with van der Waals surface area (Å²) in [5, 5.41) is 9.41. The molecule has 0 fully saturated rings. The van der Waals surface area contributed by atoms with Crippen molar-refractivity contribution in [3.63, 3.8) is 0 Å². The minimum Gasteiger partial charge on any atom is -0.508 e.